The van der Waals surface area contributed by atoms with Crippen LogP contribution in [0, 0.1) is 5.82 Å². The molecule has 0 radical (unpaired) electrons. The molecule has 0 saturated carbocycles. The minimum absolute atomic E-state index is 0.0164. The summed E-state index contributed by atoms with van der Waals surface area (Å²) >= 11 is 3.32. The Morgan fingerprint density at radius 2 is 1.67 bits per heavy atom. The number of rotatable bonds is 6. The average molecular weight is 470 g/mol. The molecule has 1 amide bonds. The van der Waals surface area contributed by atoms with Crippen molar-refractivity contribution >= 4 is 22.0 Å². The highest BCUT2D eigenvalue weighted by atomic mass is 79.9. The third-order valence-corrected chi connectivity index (χ3v) is 5.83. The smallest absolute Gasteiger partial charge is 0.410 e. The first kappa shape index (κ1) is 20.6. The molecule has 1 N–H and O–H groups in total. The Labute approximate surface area is 183 Å². The topological polar surface area (TPSA) is 49.8 Å². The third-order valence-electron chi connectivity index (χ3n) is 5.33. The summed E-state index contributed by atoms with van der Waals surface area (Å²) in [7, 11) is 0. The summed E-state index contributed by atoms with van der Waals surface area (Å²) in [4.78, 5) is 14.1. The number of aliphatic hydroxyl groups is 1. The van der Waals surface area contributed by atoms with Crippen LogP contribution < -0.4 is 0 Å². The number of aliphatic hydroxyl groups excluding tert-OH is 1. The maximum absolute atomic E-state index is 14.1. The minimum Gasteiger partial charge on any atom is -0.448 e. The van der Waals surface area contributed by atoms with Crippen molar-refractivity contribution in [2.24, 2.45) is 0 Å². The largest absolute Gasteiger partial charge is 0.448 e. The van der Waals surface area contributed by atoms with Gasteiger partial charge in [-0.25, -0.2) is 9.18 Å². The van der Waals surface area contributed by atoms with E-state index in [-0.39, 0.29) is 32.2 Å². The van der Waals surface area contributed by atoms with Crippen LogP contribution in [0.5, 0.6) is 0 Å². The van der Waals surface area contributed by atoms with E-state index < -0.39 is 11.9 Å². The fourth-order valence-corrected chi connectivity index (χ4v) is 4.32. The van der Waals surface area contributed by atoms with E-state index in [4.69, 9.17) is 4.74 Å². The van der Waals surface area contributed by atoms with E-state index in [1.165, 1.54) is 11.0 Å². The van der Waals surface area contributed by atoms with Gasteiger partial charge in [0.05, 0.1) is 13.2 Å². The number of carbonyl (C=O) groups excluding carboxylic acids is 1. The Hall–Kier alpha value is -2.70. The van der Waals surface area contributed by atoms with E-state index in [9.17, 15) is 14.3 Å². The normalized spacial score (nSPS) is 12.4. The van der Waals surface area contributed by atoms with Gasteiger partial charge in [-0.1, -0.05) is 64.5 Å². The second kappa shape index (κ2) is 8.98. The molecule has 0 atom stereocenters. The monoisotopic (exact) mass is 469 g/mol. The summed E-state index contributed by atoms with van der Waals surface area (Å²) in [5, 5.41) is 9.38. The molecule has 4 rings (SSSR count). The van der Waals surface area contributed by atoms with Gasteiger partial charge in [-0.05, 0) is 40.5 Å². The van der Waals surface area contributed by atoms with Crippen LogP contribution in [0.25, 0.3) is 11.1 Å². The predicted molar refractivity (Wildman–Crippen MR) is 117 cm³/mol. The Bertz CT molecular complexity index is 1030. The van der Waals surface area contributed by atoms with Gasteiger partial charge in [-0.3, -0.25) is 0 Å². The Kier molecular flexibility index (Phi) is 6.16. The predicted octanol–water partition coefficient (Wildman–Crippen LogP) is 5.33. The van der Waals surface area contributed by atoms with Gasteiger partial charge in [-0.15, -0.1) is 0 Å². The van der Waals surface area contributed by atoms with Crippen molar-refractivity contribution < 1.29 is 19.0 Å². The second-order valence-corrected chi connectivity index (χ2v) is 8.10. The maximum atomic E-state index is 14.1. The van der Waals surface area contributed by atoms with E-state index in [1.54, 1.807) is 12.1 Å². The van der Waals surface area contributed by atoms with Crippen molar-refractivity contribution in [3.05, 3.63) is 93.7 Å². The van der Waals surface area contributed by atoms with Gasteiger partial charge in [-0.2, -0.15) is 0 Å². The van der Waals surface area contributed by atoms with Crippen LogP contribution >= 0.6 is 15.9 Å². The van der Waals surface area contributed by atoms with Crippen LogP contribution in [0.2, 0.25) is 0 Å². The number of fused-ring (bicyclic) bond motifs is 3. The lowest BCUT2D eigenvalue weighted by atomic mass is 9.98. The van der Waals surface area contributed by atoms with Crippen LogP contribution in [0.3, 0.4) is 0 Å². The fourth-order valence-electron chi connectivity index (χ4n) is 3.91. The first-order valence-corrected chi connectivity index (χ1v) is 10.5. The van der Waals surface area contributed by atoms with Crippen molar-refractivity contribution in [1.29, 1.82) is 0 Å². The highest BCUT2D eigenvalue weighted by Gasteiger charge is 2.29. The van der Waals surface area contributed by atoms with Crippen LogP contribution in [-0.2, 0) is 11.3 Å². The zero-order valence-electron chi connectivity index (χ0n) is 16.2. The van der Waals surface area contributed by atoms with E-state index >= 15 is 0 Å². The molecule has 30 heavy (non-hydrogen) atoms. The number of nitrogens with zero attached hydrogens (tertiary/aromatic N) is 1. The highest BCUT2D eigenvalue weighted by Crippen LogP contribution is 2.44. The second-order valence-electron chi connectivity index (χ2n) is 7.18. The van der Waals surface area contributed by atoms with Gasteiger partial charge in [0.1, 0.15) is 12.4 Å². The van der Waals surface area contributed by atoms with E-state index in [2.05, 4.69) is 40.2 Å². The molecule has 0 aromatic heterocycles. The quantitative estimate of drug-likeness (QED) is 0.530. The SMILES string of the molecule is O=C(OCC1c2ccccc2-c2ccccc21)N(CCO)Cc1cc(Br)ccc1F. The van der Waals surface area contributed by atoms with Gasteiger partial charge < -0.3 is 14.7 Å². The van der Waals surface area contributed by atoms with Gasteiger partial charge in [0.2, 0.25) is 0 Å². The summed E-state index contributed by atoms with van der Waals surface area (Å²) in [6.45, 7) is 0.0146. The highest BCUT2D eigenvalue weighted by molar-refractivity contribution is 9.10. The molecule has 1 aliphatic rings. The van der Waals surface area contributed by atoms with Crippen molar-refractivity contribution in [1.82, 2.24) is 4.90 Å². The number of benzene rings is 3. The molecular formula is C24H21BrFNO3. The molecule has 1 aliphatic carbocycles. The van der Waals surface area contributed by atoms with Crippen LogP contribution in [-0.4, -0.2) is 35.9 Å². The van der Waals surface area contributed by atoms with Crippen molar-refractivity contribution in [2.75, 3.05) is 19.8 Å². The number of amides is 1. The summed E-state index contributed by atoms with van der Waals surface area (Å²) in [5.41, 5.74) is 4.90. The number of hydrogen-bond acceptors (Lipinski definition) is 3. The molecule has 3 aromatic rings. The lowest BCUT2D eigenvalue weighted by molar-refractivity contribution is 0.0888. The van der Waals surface area contributed by atoms with Gasteiger partial charge in [0.15, 0.2) is 0 Å². The van der Waals surface area contributed by atoms with Crippen LogP contribution in [0.15, 0.2) is 71.2 Å². The van der Waals surface area contributed by atoms with E-state index in [0.717, 1.165) is 26.7 Å². The number of carbonyl (C=O) groups is 1. The minimum atomic E-state index is -0.578. The Morgan fingerprint density at radius 3 is 2.30 bits per heavy atom. The number of hydrogen-bond donors (Lipinski definition) is 1. The molecule has 0 spiro atoms. The fraction of sp³-hybridized carbons (Fsp3) is 0.208. The maximum Gasteiger partial charge on any atom is 0.410 e. The molecule has 0 unspecified atom stereocenters. The van der Waals surface area contributed by atoms with Crippen LogP contribution in [0.1, 0.15) is 22.6 Å². The molecule has 0 heterocycles. The molecule has 4 nitrogen and oxygen atoms in total. The van der Waals surface area contributed by atoms with Gasteiger partial charge >= 0.3 is 6.09 Å². The first-order chi connectivity index (χ1) is 14.6. The Morgan fingerprint density at radius 1 is 1.03 bits per heavy atom. The number of ether oxygens (including phenoxy) is 1. The molecular weight excluding hydrogens is 449 g/mol. The standard InChI is InChI=1S/C24H21BrFNO3/c25-17-9-10-23(26)16(13-17)14-27(11-12-28)24(29)30-15-22-20-7-3-1-5-18(20)19-6-2-4-8-21(19)22/h1-10,13,22,28H,11-12,14-15H2. The molecule has 0 bridgehead atoms. The lowest BCUT2D eigenvalue weighted by Gasteiger charge is -2.23. The van der Waals surface area contributed by atoms with E-state index in [0.29, 0.717) is 5.56 Å². The third kappa shape index (κ3) is 4.11. The lowest BCUT2D eigenvalue weighted by Crippen LogP contribution is -2.34. The zero-order chi connectivity index (χ0) is 21.1. The van der Waals surface area contributed by atoms with Gasteiger partial charge in [0, 0.05) is 22.5 Å². The average Bonchev–Trinajstić information content (AvgIpc) is 3.08. The summed E-state index contributed by atoms with van der Waals surface area (Å²) < 4.78 is 20.5. The summed E-state index contributed by atoms with van der Waals surface area (Å²) in [5.74, 6) is -0.465. The van der Waals surface area contributed by atoms with Crippen LogP contribution in [0.4, 0.5) is 9.18 Å². The van der Waals surface area contributed by atoms with Crippen molar-refractivity contribution in [3.8, 4) is 11.1 Å². The van der Waals surface area contributed by atoms with Crippen molar-refractivity contribution in [2.45, 2.75) is 12.5 Å². The molecule has 0 aliphatic heterocycles. The van der Waals surface area contributed by atoms with Gasteiger partial charge in [0.25, 0.3) is 0 Å². The molecule has 154 valence electrons. The Balaban J connectivity index is 1.51. The molecule has 0 fully saturated rings. The van der Waals surface area contributed by atoms with Crippen molar-refractivity contribution in [3.63, 3.8) is 0 Å². The summed E-state index contributed by atoms with van der Waals surface area (Å²) in [6, 6.07) is 20.8. The summed E-state index contributed by atoms with van der Waals surface area (Å²) in [6.07, 6.45) is -0.578. The molecule has 3 aromatic carbocycles. The molecule has 0 saturated heterocycles. The van der Waals surface area contributed by atoms with E-state index in [1.807, 2.05) is 24.3 Å². The first-order valence-electron chi connectivity index (χ1n) is 9.73. The molecule has 6 heteroatoms. The number of halogens is 2. The zero-order valence-corrected chi connectivity index (χ0v) is 17.8.